The molecule has 2 amide bonds. The summed E-state index contributed by atoms with van der Waals surface area (Å²) in [4.78, 5) is 25.6. The first-order valence-corrected chi connectivity index (χ1v) is 11.8. The molecule has 172 valence electrons. The smallest absolute Gasteiger partial charge is 0.287 e. The minimum atomic E-state index is -0.651. The van der Waals surface area contributed by atoms with Crippen LogP contribution in [-0.4, -0.2) is 29.9 Å². The first-order chi connectivity index (χ1) is 16.4. The number of phenolic OH excluding ortho intramolecular Hbond substituents is 1. The van der Waals surface area contributed by atoms with Gasteiger partial charge in [-0.3, -0.25) is 9.59 Å². The number of amides is 2. The van der Waals surface area contributed by atoms with E-state index >= 15 is 0 Å². The van der Waals surface area contributed by atoms with E-state index in [-0.39, 0.29) is 18.2 Å². The van der Waals surface area contributed by atoms with E-state index < -0.39 is 11.8 Å². The summed E-state index contributed by atoms with van der Waals surface area (Å²) in [6.45, 7) is 0.122. The van der Waals surface area contributed by atoms with Crippen molar-refractivity contribution in [3.8, 4) is 17.2 Å². The third-order valence-corrected chi connectivity index (χ3v) is 5.94. The molecule has 0 atom stereocenters. The highest BCUT2D eigenvalue weighted by atomic mass is 127. The number of hydrazone groups is 1. The number of ether oxygens (including phenoxy) is 2. The number of nitrogens with zero attached hydrogens (tertiary/aromatic N) is 1. The van der Waals surface area contributed by atoms with Crippen LogP contribution in [0.4, 0.5) is 0 Å². The largest absolute Gasteiger partial charge is 0.506 e. The number of benzene rings is 3. The van der Waals surface area contributed by atoms with Gasteiger partial charge in [-0.1, -0.05) is 40.2 Å². The fourth-order valence-corrected chi connectivity index (χ4v) is 4.57. The molecule has 1 aliphatic heterocycles. The van der Waals surface area contributed by atoms with Crippen molar-refractivity contribution in [2.45, 2.75) is 0 Å². The Morgan fingerprint density at radius 3 is 2.62 bits per heavy atom. The van der Waals surface area contributed by atoms with Crippen LogP contribution >= 0.6 is 38.5 Å². The standard InChI is InChI=1S/C24H17BrIN3O5/c25-17-10-16(22(30)18(26)11-17)12-27-29-24(32)19(28-23(31)15-4-2-1-3-5-15)8-14-6-7-20-21(9-14)34-13-33-20/h1-12,30H,13H2,(H,28,31)(H,29,32)/b19-8?,27-12+. The Bertz CT molecular complexity index is 1310. The fraction of sp³-hybridized carbons (Fsp3) is 0.0417. The van der Waals surface area contributed by atoms with E-state index in [0.29, 0.717) is 31.8 Å². The van der Waals surface area contributed by atoms with Crippen LogP contribution in [0.2, 0.25) is 0 Å². The van der Waals surface area contributed by atoms with Gasteiger partial charge in [-0.15, -0.1) is 0 Å². The van der Waals surface area contributed by atoms with Crippen molar-refractivity contribution < 1.29 is 24.2 Å². The second kappa shape index (κ2) is 10.7. The summed E-state index contributed by atoms with van der Waals surface area (Å²) < 4.78 is 12.1. The molecule has 0 saturated carbocycles. The van der Waals surface area contributed by atoms with Crippen molar-refractivity contribution >= 4 is 62.6 Å². The highest BCUT2D eigenvalue weighted by Crippen LogP contribution is 2.33. The van der Waals surface area contributed by atoms with E-state index in [0.717, 1.165) is 4.47 Å². The van der Waals surface area contributed by atoms with Crippen molar-refractivity contribution in [2.24, 2.45) is 5.10 Å². The van der Waals surface area contributed by atoms with E-state index in [1.807, 2.05) is 22.6 Å². The van der Waals surface area contributed by atoms with Crippen LogP contribution < -0.4 is 20.2 Å². The molecule has 1 aliphatic rings. The molecule has 0 saturated heterocycles. The number of hydrogen-bond acceptors (Lipinski definition) is 6. The number of fused-ring (bicyclic) bond motifs is 1. The van der Waals surface area contributed by atoms with Crippen LogP contribution in [0.15, 0.2) is 75.9 Å². The molecule has 3 aromatic rings. The fourth-order valence-electron chi connectivity index (χ4n) is 3.02. The molecule has 0 aromatic heterocycles. The highest BCUT2D eigenvalue weighted by Gasteiger charge is 2.17. The van der Waals surface area contributed by atoms with Gasteiger partial charge in [0.05, 0.1) is 9.78 Å². The van der Waals surface area contributed by atoms with Gasteiger partial charge >= 0.3 is 0 Å². The number of phenols is 1. The molecule has 1 heterocycles. The summed E-state index contributed by atoms with van der Waals surface area (Å²) in [6, 6.07) is 17.1. The van der Waals surface area contributed by atoms with Crippen LogP contribution in [0.5, 0.6) is 17.2 Å². The Hall–Kier alpha value is -3.38. The molecule has 0 spiro atoms. The van der Waals surface area contributed by atoms with Crippen LogP contribution in [0.3, 0.4) is 0 Å². The Morgan fingerprint density at radius 2 is 1.82 bits per heavy atom. The zero-order valence-corrected chi connectivity index (χ0v) is 21.2. The maximum absolute atomic E-state index is 12.9. The van der Waals surface area contributed by atoms with Crippen molar-refractivity contribution in [3.05, 3.63) is 91.1 Å². The second-order valence-corrected chi connectivity index (χ2v) is 9.09. The Morgan fingerprint density at radius 1 is 1.06 bits per heavy atom. The zero-order chi connectivity index (χ0) is 24.1. The van der Waals surface area contributed by atoms with Crippen LogP contribution in [0, 0.1) is 3.57 Å². The summed E-state index contributed by atoms with van der Waals surface area (Å²) in [6.07, 6.45) is 2.82. The number of halogens is 2. The molecule has 0 unspecified atom stereocenters. The predicted molar refractivity (Wildman–Crippen MR) is 139 cm³/mol. The van der Waals surface area contributed by atoms with E-state index in [1.54, 1.807) is 60.7 Å². The third-order valence-electron chi connectivity index (χ3n) is 4.66. The average molecular weight is 634 g/mol. The molecule has 3 N–H and O–H groups in total. The molecule has 3 aromatic carbocycles. The number of rotatable bonds is 6. The van der Waals surface area contributed by atoms with Gasteiger partial charge in [-0.2, -0.15) is 5.10 Å². The predicted octanol–water partition coefficient (Wildman–Crippen LogP) is 4.41. The van der Waals surface area contributed by atoms with E-state index in [4.69, 9.17) is 9.47 Å². The van der Waals surface area contributed by atoms with E-state index in [1.165, 1.54) is 12.3 Å². The number of aromatic hydroxyl groups is 1. The molecule has 0 aliphatic carbocycles. The summed E-state index contributed by atoms with van der Waals surface area (Å²) in [7, 11) is 0. The quantitative estimate of drug-likeness (QED) is 0.161. The van der Waals surface area contributed by atoms with Crippen molar-refractivity contribution in [1.29, 1.82) is 0 Å². The van der Waals surface area contributed by atoms with E-state index in [9.17, 15) is 14.7 Å². The molecule has 0 radical (unpaired) electrons. The van der Waals surface area contributed by atoms with Crippen molar-refractivity contribution in [3.63, 3.8) is 0 Å². The molecule has 34 heavy (non-hydrogen) atoms. The van der Waals surface area contributed by atoms with Gasteiger partial charge in [0.25, 0.3) is 11.8 Å². The molecular formula is C24H17BrIN3O5. The number of nitrogens with one attached hydrogen (secondary N) is 2. The minimum Gasteiger partial charge on any atom is -0.506 e. The molecule has 8 nitrogen and oxygen atoms in total. The molecule has 0 fully saturated rings. The average Bonchev–Trinajstić information content (AvgIpc) is 3.30. The summed E-state index contributed by atoms with van der Waals surface area (Å²) in [5.74, 6) is 0.0776. The first-order valence-electron chi connectivity index (χ1n) is 9.90. The van der Waals surface area contributed by atoms with Crippen LogP contribution in [-0.2, 0) is 4.79 Å². The lowest BCUT2D eigenvalue weighted by atomic mass is 10.1. The van der Waals surface area contributed by atoms with Gasteiger partial charge in [0.2, 0.25) is 6.79 Å². The topological polar surface area (TPSA) is 109 Å². The lowest BCUT2D eigenvalue weighted by molar-refractivity contribution is -0.117. The Balaban J connectivity index is 1.58. The number of carbonyl (C=O) groups excluding carboxylic acids is 2. The first kappa shape index (κ1) is 23.8. The van der Waals surface area contributed by atoms with Gasteiger partial charge < -0.3 is 19.9 Å². The monoisotopic (exact) mass is 633 g/mol. The molecule has 0 bridgehead atoms. The summed E-state index contributed by atoms with van der Waals surface area (Å²) in [5, 5.41) is 16.8. The molecule has 4 rings (SSSR count). The van der Waals surface area contributed by atoms with Gasteiger partial charge in [0.1, 0.15) is 11.4 Å². The van der Waals surface area contributed by atoms with Gasteiger partial charge in [0.15, 0.2) is 11.5 Å². The summed E-state index contributed by atoms with van der Waals surface area (Å²) in [5.41, 5.74) is 3.78. The Kier molecular flexibility index (Phi) is 7.48. The van der Waals surface area contributed by atoms with Crippen LogP contribution in [0.1, 0.15) is 21.5 Å². The van der Waals surface area contributed by atoms with Gasteiger partial charge in [-0.05, 0) is 70.6 Å². The zero-order valence-electron chi connectivity index (χ0n) is 17.4. The second-order valence-electron chi connectivity index (χ2n) is 7.02. The lowest BCUT2D eigenvalue weighted by Crippen LogP contribution is -2.32. The Labute approximate surface area is 216 Å². The molecule has 10 heteroatoms. The van der Waals surface area contributed by atoms with Gasteiger partial charge in [-0.25, -0.2) is 5.43 Å². The molecular weight excluding hydrogens is 617 g/mol. The SMILES string of the molecule is O=C(N/N=C/c1cc(Br)cc(I)c1O)C(=Cc1ccc2c(c1)OCO2)NC(=O)c1ccccc1. The minimum absolute atomic E-state index is 0.0297. The van der Waals surface area contributed by atoms with E-state index in [2.05, 4.69) is 31.8 Å². The number of hydrogen-bond donors (Lipinski definition) is 3. The number of carbonyl (C=O) groups is 2. The van der Waals surface area contributed by atoms with Gasteiger partial charge in [0, 0.05) is 15.6 Å². The van der Waals surface area contributed by atoms with Crippen molar-refractivity contribution in [1.82, 2.24) is 10.7 Å². The van der Waals surface area contributed by atoms with Crippen LogP contribution in [0.25, 0.3) is 6.08 Å². The lowest BCUT2D eigenvalue weighted by Gasteiger charge is -2.10. The highest BCUT2D eigenvalue weighted by molar-refractivity contribution is 14.1. The summed E-state index contributed by atoms with van der Waals surface area (Å²) >= 11 is 5.35. The normalized spacial score (nSPS) is 12.6. The maximum Gasteiger partial charge on any atom is 0.287 e. The third kappa shape index (κ3) is 5.75. The van der Waals surface area contributed by atoms with Crippen molar-refractivity contribution in [2.75, 3.05) is 6.79 Å². The maximum atomic E-state index is 12.9.